The van der Waals surface area contributed by atoms with Crippen LogP contribution in [0, 0.1) is 0 Å². The average molecular weight is 261 g/mol. The molecule has 2 nitrogen and oxygen atoms in total. The van der Waals surface area contributed by atoms with E-state index in [9.17, 15) is 4.79 Å². The van der Waals surface area contributed by atoms with Crippen LogP contribution in [0.3, 0.4) is 0 Å². The standard InChI is InChI=1S/C18H15NO/c1-13(18(20)15-7-3-2-4-8-15)16-11-5-9-14-10-6-12-19-17(14)16/h2-13H,1H3. The molecule has 0 saturated carbocycles. The molecule has 0 saturated heterocycles. The summed E-state index contributed by atoms with van der Waals surface area (Å²) >= 11 is 0. The van der Waals surface area contributed by atoms with E-state index in [0.29, 0.717) is 0 Å². The lowest BCUT2D eigenvalue weighted by atomic mass is 9.91. The topological polar surface area (TPSA) is 30.0 Å². The molecule has 3 aromatic rings. The molecule has 1 aromatic heterocycles. The van der Waals surface area contributed by atoms with Gasteiger partial charge in [0, 0.05) is 23.1 Å². The summed E-state index contributed by atoms with van der Waals surface area (Å²) in [5.74, 6) is -0.0697. The molecular weight excluding hydrogens is 246 g/mol. The number of carbonyl (C=O) groups excluding carboxylic acids is 1. The average Bonchev–Trinajstić information content (AvgIpc) is 2.54. The molecular formula is C18H15NO. The van der Waals surface area contributed by atoms with E-state index in [1.54, 1.807) is 6.20 Å². The predicted molar refractivity (Wildman–Crippen MR) is 80.9 cm³/mol. The van der Waals surface area contributed by atoms with E-state index in [1.807, 2.05) is 67.6 Å². The molecule has 2 heteroatoms. The van der Waals surface area contributed by atoms with Crippen molar-refractivity contribution in [2.45, 2.75) is 12.8 Å². The number of benzene rings is 2. The number of fused-ring (bicyclic) bond motifs is 1. The molecule has 3 rings (SSSR count). The summed E-state index contributed by atoms with van der Waals surface area (Å²) in [4.78, 5) is 17.0. The molecule has 1 heterocycles. The van der Waals surface area contributed by atoms with Gasteiger partial charge >= 0.3 is 0 Å². The minimum atomic E-state index is -0.198. The van der Waals surface area contributed by atoms with Gasteiger partial charge in [-0.15, -0.1) is 0 Å². The van der Waals surface area contributed by atoms with Crippen LogP contribution in [0.1, 0.15) is 28.8 Å². The Hall–Kier alpha value is -2.48. The van der Waals surface area contributed by atoms with Gasteiger partial charge in [0.2, 0.25) is 0 Å². The molecule has 0 N–H and O–H groups in total. The third kappa shape index (κ3) is 2.21. The maximum absolute atomic E-state index is 12.6. The molecule has 0 radical (unpaired) electrons. The lowest BCUT2D eigenvalue weighted by Crippen LogP contribution is -2.10. The monoisotopic (exact) mass is 261 g/mol. The molecule has 20 heavy (non-hydrogen) atoms. The molecule has 0 aliphatic heterocycles. The van der Waals surface area contributed by atoms with Crippen LogP contribution in [-0.4, -0.2) is 10.8 Å². The second kappa shape index (κ2) is 5.25. The van der Waals surface area contributed by atoms with Gasteiger partial charge in [-0.2, -0.15) is 0 Å². The Balaban J connectivity index is 2.05. The quantitative estimate of drug-likeness (QED) is 0.661. The molecule has 1 atom stereocenters. The fourth-order valence-corrected chi connectivity index (χ4v) is 2.47. The van der Waals surface area contributed by atoms with Crippen molar-refractivity contribution in [3.8, 4) is 0 Å². The summed E-state index contributed by atoms with van der Waals surface area (Å²) in [6, 6.07) is 19.3. The molecule has 98 valence electrons. The number of Topliss-reactive ketones (excluding diaryl/α,β-unsaturated/α-hetero) is 1. The number of aromatic nitrogens is 1. The second-order valence-corrected chi connectivity index (χ2v) is 4.87. The molecule has 2 aromatic carbocycles. The highest BCUT2D eigenvalue weighted by Crippen LogP contribution is 2.26. The summed E-state index contributed by atoms with van der Waals surface area (Å²) in [5.41, 5.74) is 2.64. The highest BCUT2D eigenvalue weighted by molar-refractivity contribution is 6.02. The van der Waals surface area contributed by atoms with Crippen LogP contribution in [0.15, 0.2) is 66.9 Å². The van der Waals surface area contributed by atoms with Crippen molar-refractivity contribution >= 4 is 16.7 Å². The first-order valence-electron chi connectivity index (χ1n) is 6.70. The molecule has 1 unspecified atom stereocenters. The largest absolute Gasteiger partial charge is 0.294 e. The van der Waals surface area contributed by atoms with Gasteiger partial charge in [-0.1, -0.05) is 61.5 Å². The van der Waals surface area contributed by atoms with E-state index in [0.717, 1.165) is 22.0 Å². The first kappa shape index (κ1) is 12.5. The van der Waals surface area contributed by atoms with Crippen molar-refractivity contribution in [3.63, 3.8) is 0 Å². The summed E-state index contributed by atoms with van der Waals surface area (Å²) < 4.78 is 0. The fourth-order valence-electron chi connectivity index (χ4n) is 2.47. The maximum atomic E-state index is 12.6. The summed E-state index contributed by atoms with van der Waals surface area (Å²) in [5, 5.41) is 1.07. The van der Waals surface area contributed by atoms with Gasteiger partial charge in [0.05, 0.1) is 5.52 Å². The zero-order chi connectivity index (χ0) is 13.9. The van der Waals surface area contributed by atoms with Crippen molar-refractivity contribution < 1.29 is 4.79 Å². The smallest absolute Gasteiger partial charge is 0.170 e. The lowest BCUT2D eigenvalue weighted by molar-refractivity contribution is 0.0966. The number of ketones is 1. The van der Waals surface area contributed by atoms with Gasteiger partial charge in [-0.05, 0) is 11.6 Å². The third-order valence-electron chi connectivity index (χ3n) is 3.58. The zero-order valence-corrected chi connectivity index (χ0v) is 11.3. The number of hydrogen-bond donors (Lipinski definition) is 0. The Labute approximate surface area is 118 Å². The first-order chi connectivity index (χ1) is 9.77. The van der Waals surface area contributed by atoms with Crippen LogP contribution in [0.4, 0.5) is 0 Å². The summed E-state index contributed by atoms with van der Waals surface area (Å²) in [6.07, 6.45) is 1.77. The minimum Gasteiger partial charge on any atom is -0.294 e. The van der Waals surface area contributed by atoms with Gasteiger partial charge in [0.15, 0.2) is 5.78 Å². The third-order valence-corrected chi connectivity index (χ3v) is 3.58. The Morgan fingerprint density at radius 1 is 0.950 bits per heavy atom. The Bertz CT molecular complexity index is 744. The van der Waals surface area contributed by atoms with Gasteiger partial charge < -0.3 is 0 Å². The number of nitrogens with zero attached hydrogens (tertiary/aromatic N) is 1. The molecule has 0 amide bonds. The van der Waals surface area contributed by atoms with Gasteiger partial charge in [-0.25, -0.2) is 0 Å². The maximum Gasteiger partial charge on any atom is 0.170 e. The number of carbonyl (C=O) groups is 1. The van der Waals surface area contributed by atoms with Gasteiger partial charge in [0.25, 0.3) is 0 Å². The van der Waals surface area contributed by atoms with Crippen molar-refractivity contribution in [2.75, 3.05) is 0 Å². The summed E-state index contributed by atoms with van der Waals surface area (Å²) in [6.45, 7) is 1.94. The Kier molecular flexibility index (Phi) is 3.30. The summed E-state index contributed by atoms with van der Waals surface area (Å²) in [7, 11) is 0. The van der Waals surface area contributed by atoms with E-state index < -0.39 is 0 Å². The van der Waals surface area contributed by atoms with Crippen LogP contribution in [0.25, 0.3) is 10.9 Å². The zero-order valence-electron chi connectivity index (χ0n) is 11.3. The number of pyridine rings is 1. The van der Waals surface area contributed by atoms with E-state index >= 15 is 0 Å². The number of hydrogen-bond acceptors (Lipinski definition) is 2. The molecule has 0 bridgehead atoms. The van der Waals surface area contributed by atoms with E-state index in [2.05, 4.69) is 4.98 Å². The van der Waals surface area contributed by atoms with Crippen molar-refractivity contribution in [2.24, 2.45) is 0 Å². The number of rotatable bonds is 3. The Morgan fingerprint density at radius 2 is 1.70 bits per heavy atom. The van der Waals surface area contributed by atoms with Crippen LogP contribution in [0.5, 0.6) is 0 Å². The van der Waals surface area contributed by atoms with Crippen molar-refractivity contribution in [1.29, 1.82) is 0 Å². The van der Waals surface area contributed by atoms with Crippen molar-refractivity contribution in [3.05, 3.63) is 78.0 Å². The predicted octanol–water partition coefficient (Wildman–Crippen LogP) is 4.22. The van der Waals surface area contributed by atoms with Crippen molar-refractivity contribution in [1.82, 2.24) is 4.98 Å². The second-order valence-electron chi connectivity index (χ2n) is 4.87. The van der Waals surface area contributed by atoms with E-state index in [4.69, 9.17) is 0 Å². The SMILES string of the molecule is CC(C(=O)c1ccccc1)c1cccc2cccnc12. The van der Waals surface area contributed by atoms with Gasteiger partial charge in [0.1, 0.15) is 0 Å². The highest BCUT2D eigenvalue weighted by atomic mass is 16.1. The van der Waals surface area contributed by atoms with Crippen LogP contribution in [-0.2, 0) is 0 Å². The minimum absolute atomic E-state index is 0.128. The normalized spacial score (nSPS) is 12.2. The molecule has 0 spiro atoms. The molecule has 0 aliphatic carbocycles. The van der Waals surface area contributed by atoms with Crippen LogP contribution >= 0.6 is 0 Å². The first-order valence-corrected chi connectivity index (χ1v) is 6.70. The van der Waals surface area contributed by atoms with E-state index in [-0.39, 0.29) is 11.7 Å². The van der Waals surface area contributed by atoms with Crippen LogP contribution < -0.4 is 0 Å². The molecule has 0 aliphatic rings. The number of para-hydroxylation sites is 1. The fraction of sp³-hybridized carbons (Fsp3) is 0.111. The highest BCUT2D eigenvalue weighted by Gasteiger charge is 2.19. The van der Waals surface area contributed by atoms with E-state index in [1.165, 1.54) is 0 Å². The van der Waals surface area contributed by atoms with Gasteiger partial charge in [-0.3, -0.25) is 9.78 Å². The Morgan fingerprint density at radius 3 is 2.50 bits per heavy atom. The lowest BCUT2D eigenvalue weighted by Gasteiger charge is -2.13. The molecule has 0 fully saturated rings. The van der Waals surface area contributed by atoms with Crippen LogP contribution in [0.2, 0.25) is 0 Å².